The highest BCUT2D eigenvalue weighted by atomic mass is 32.2. The molecule has 0 amide bonds. The van der Waals surface area contributed by atoms with E-state index in [-0.39, 0.29) is 0 Å². The molecule has 2 heterocycles. The van der Waals surface area contributed by atoms with Gasteiger partial charge < -0.3 is 10.2 Å². The summed E-state index contributed by atoms with van der Waals surface area (Å²) >= 11 is 0. The molecule has 34 heavy (non-hydrogen) atoms. The normalized spacial score (nSPS) is 14.9. The van der Waals surface area contributed by atoms with Crippen LogP contribution >= 0.6 is 0 Å². The number of aromatic nitrogens is 2. The van der Waals surface area contributed by atoms with Crippen LogP contribution in [0.5, 0.6) is 0 Å². The molecule has 5 rings (SSSR count). The van der Waals surface area contributed by atoms with Gasteiger partial charge in [-0.15, -0.1) is 0 Å². The average molecular weight is 474 g/mol. The second-order valence-corrected chi connectivity index (χ2v) is 10.5. The highest BCUT2D eigenvalue weighted by molar-refractivity contribution is 7.89. The minimum atomic E-state index is -3.51. The van der Waals surface area contributed by atoms with Gasteiger partial charge in [0.1, 0.15) is 5.82 Å². The zero-order chi connectivity index (χ0) is 23.7. The van der Waals surface area contributed by atoms with Gasteiger partial charge in [-0.2, -0.15) is 9.29 Å². The zero-order valence-corrected chi connectivity index (χ0v) is 20.1. The summed E-state index contributed by atoms with van der Waals surface area (Å²) in [5.74, 6) is 1.32. The Hall–Kier alpha value is -3.49. The van der Waals surface area contributed by atoms with E-state index in [4.69, 9.17) is 4.98 Å². The molecule has 0 atom stereocenters. The monoisotopic (exact) mass is 473 g/mol. The van der Waals surface area contributed by atoms with Crippen molar-refractivity contribution in [3.8, 4) is 0 Å². The highest BCUT2D eigenvalue weighted by Gasteiger charge is 2.29. The van der Waals surface area contributed by atoms with Crippen LogP contribution in [0.15, 0.2) is 77.7 Å². The first kappa shape index (κ1) is 22.3. The third-order valence-corrected chi connectivity index (χ3v) is 7.96. The summed E-state index contributed by atoms with van der Waals surface area (Å²) in [6, 6.07) is 23.4. The maximum Gasteiger partial charge on any atom is 0.243 e. The van der Waals surface area contributed by atoms with Crippen molar-refractivity contribution in [1.29, 1.82) is 0 Å². The maximum atomic E-state index is 13.0. The first-order valence-corrected chi connectivity index (χ1v) is 12.8. The van der Waals surface area contributed by atoms with Crippen LogP contribution in [-0.4, -0.2) is 48.9 Å². The molecule has 0 radical (unpaired) electrons. The van der Waals surface area contributed by atoms with Crippen LogP contribution < -0.4 is 10.2 Å². The van der Waals surface area contributed by atoms with Gasteiger partial charge in [-0.25, -0.2) is 13.4 Å². The van der Waals surface area contributed by atoms with Crippen molar-refractivity contribution < 1.29 is 8.42 Å². The number of piperazine rings is 1. The Bertz CT molecular complexity index is 1430. The van der Waals surface area contributed by atoms with Gasteiger partial charge >= 0.3 is 0 Å². The molecular formula is C26H27N5O2S. The molecule has 0 aliphatic carbocycles. The van der Waals surface area contributed by atoms with Crippen molar-refractivity contribution in [2.75, 3.05) is 36.4 Å². The molecule has 0 spiro atoms. The predicted molar refractivity (Wildman–Crippen MR) is 136 cm³/mol. The molecule has 1 N–H and O–H groups in total. The number of anilines is 3. The molecule has 0 unspecified atom stereocenters. The van der Waals surface area contributed by atoms with Crippen molar-refractivity contribution in [1.82, 2.24) is 14.3 Å². The van der Waals surface area contributed by atoms with E-state index in [2.05, 4.69) is 34.6 Å². The van der Waals surface area contributed by atoms with Gasteiger partial charge in [-0.1, -0.05) is 48.0 Å². The zero-order valence-electron chi connectivity index (χ0n) is 19.3. The maximum absolute atomic E-state index is 13.0. The van der Waals surface area contributed by atoms with Crippen LogP contribution in [0.1, 0.15) is 11.3 Å². The highest BCUT2D eigenvalue weighted by Crippen LogP contribution is 2.24. The fourth-order valence-corrected chi connectivity index (χ4v) is 5.58. The fourth-order valence-electron chi connectivity index (χ4n) is 4.16. The summed E-state index contributed by atoms with van der Waals surface area (Å²) in [6.45, 7) is 5.73. The molecule has 174 valence electrons. The Morgan fingerprint density at radius 3 is 2.24 bits per heavy atom. The molecule has 1 aromatic heterocycles. The third kappa shape index (κ3) is 4.60. The standard InChI is InChI=1S/C26H27N5O2S/c1-19-7-11-24(12-8-19)34(32,33)31-15-13-30(14-16-31)26-27-20(2)17-25(29-26)28-23-10-9-21-5-3-4-6-22(21)18-23/h3-12,17-18H,13-16H2,1-2H3,(H,27,28,29). The molecule has 1 fully saturated rings. The number of benzene rings is 3. The summed E-state index contributed by atoms with van der Waals surface area (Å²) in [6.07, 6.45) is 0. The second-order valence-electron chi connectivity index (χ2n) is 8.59. The lowest BCUT2D eigenvalue weighted by molar-refractivity contribution is 0.382. The number of sulfonamides is 1. The largest absolute Gasteiger partial charge is 0.340 e. The van der Waals surface area contributed by atoms with Gasteiger partial charge in [0.2, 0.25) is 16.0 Å². The fraction of sp³-hybridized carbons (Fsp3) is 0.231. The molecule has 1 aliphatic rings. The van der Waals surface area contributed by atoms with Crippen molar-refractivity contribution in [2.24, 2.45) is 0 Å². The number of nitrogens with one attached hydrogen (secondary N) is 1. The SMILES string of the molecule is Cc1ccc(S(=O)(=O)N2CCN(c3nc(C)cc(Nc4ccc5ccccc5c4)n3)CC2)cc1. The molecule has 3 aromatic carbocycles. The van der Waals surface area contributed by atoms with Crippen LogP contribution in [0.4, 0.5) is 17.5 Å². The smallest absolute Gasteiger partial charge is 0.243 e. The lowest BCUT2D eigenvalue weighted by Crippen LogP contribution is -2.49. The number of hydrogen-bond acceptors (Lipinski definition) is 6. The Morgan fingerprint density at radius 1 is 0.794 bits per heavy atom. The lowest BCUT2D eigenvalue weighted by atomic mass is 10.1. The summed E-state index contributed by atoms with van der Waals surface area (Å²) in [5, 5.41) is 5.73. The van der Waals surface area contributed by atoms with Crippen LogP contribution in [0.3, 0.4) is 0 Å². The van der Waals surface area contributed by atoms with Crippen molar-refractivity contribution in [2.45, 2.75) is 18.7 Å². The van der Waals surface area contributed by atoms with E-state index < -0.39 is 10.0 Å². The molecule has 0 bridgehead atoms. The first-order chi connectivity index (χ1) is 16.4. The molecule has 1 aliphatic heterocycles. The van der Waals surface area contributed by atoms with Gasteiger partial charge in [0, 0.05) is 43.6 Å². The molecule has 4 aromatic rings. The Kier molecular flexibility index (Phi) is 5.93. The van der Waals surface area contributed by atoms with E-state index in [0.717, 1.165) is 22.3 Å². The molecule has 8 heteroatoms. The van der Waals surface area contributed by atoms with E-state index in [1.807, 2.05) is 55.1 Å². The Balaban J connectivity index is 1.30. The number of nitrogens with zero attached hydrogens (tertiary/aromatic N) is 4. The van der Waals surface area contributed by atoms with Crippen LogP contribution in [-0.2, 0) is 10.0 Å². The van der Waals surface area contributed by atoms with E-state index in [9.17, 15) is 8.42 Å². The van der Waals surface area contributed by atoms with Gasteiger partial charge in [0.25, 0.3) is 0 Å². The molecule has 7 nitrogen and oxygen atoms in total. The molecule has 1 saturated heterocycles. The number of fused-ring (bicyclic) bond motifs is 1. The van der Waals surface area contributed by atoms with E-state index >= 15 is 0 Å². The average Bonchev–Trinajstić information content (AvgIpc) is 2.84. The van der Waals surface area contributed by atoms with Crippen LogP contribution in [0.2, 0.25) is 0 Å². The first-order valence-electron chi connectivity index (χ1n) is 11.3. The minimum absolute atomic E-state index is 0.334. The number of aryl methyl sites for hydroxylation is 2. The Labute approximate surface area is 200 Å². The molecular weight excluding hydrogens is 446 g/mol. The van der Waals surface area contributed by atoms with Crippen LogP contribution in [0, 0.1) is 13.8 Å². The van der Waals surface area contributed by atoms with E-state index in [0.29, 0.717) is 42.8 Å². The van der Waals surface area contributed by atoms with Crippen molar-refractivity contribution >= 4 is 38.2 Å². The second kappa shape index (κ2) is 9.04. The van der Waals surface area contributed by atoms with Gasteiger partial charge in [0.05, 0.1) is 4.90 Å². The summed E-state index contributed by atoms with van der Waals surface area (Å²) in [4.78, 5) is 11.7. The van der Waals surface area contributed by atoms with Gasteiger partial charge in [-0.3, -0.25) is 0 Å². The summed E-state index contributed by atoms with van der Waals surface area (Å²) in [5.41, 5.74) is 2.84. The van der Waals surface area contributed by atoms with Gasteiger partial charge in [0.15, 0.2) is 0 Å². The summed E-state index contributed by atoms with van der Waals surface area (Å²) < 4.78 is 27.6. The number of hydrogen-bond donors (Lipinski definition) is 1. The molecule has 0 saturated carbocycles. The topological polar surface area (TPSA) is 78.4 Å². The van der Waals surface area contributed by atoms with E-state index in [1.54, 1.807) is 12.1 Å². The van der Waals surface area contributed by atoms with Crippen molar-refractivity contribution in [3.63, 3.8) is 0 Å². The third-order valence-electron chi connectivity index (χ3n) is 6.04. The minimum Gasteiger partial charge on any atom is -0.340 e. The van der Waals surface area contributed by atoms with E-state index in [1.165, 1.54) is 9.69 Å². The predicted octanol–water partition coefficient (Wildman–Crippen LogP) is 4.50. The Morgan fingerprint density at radius 2 is 1.50 bits per heavy atom. The summed E-state index contributed by atoms with van der Waals surface area (Å²) in [7, 11) is -3.51. The van der Waals surface area contributed by atoms with Gasteiger partial charge in [-0.05, 0) is 48.9 Å². The quantitative estimate of drug-likeness (QED) is 0.460. The number of rotatable bonds is 5. The lowest BCUT2D eigenvalue weighted by Gasteiger charge is -2.34. The van der Waals surface area contributed by atoms with Crippen LogP contribution in [0.25, 0.3) is 10.8 Å². The van der Waals surface area contributed by atoms with Crippen molar-refractivity contribution in [3.05, 3.63) is 84.1 Å².